The Hall–Kier alpha value is -1.42. The van der Waals surface area contributed by atoms with Gasteiger partial charge in [-0.2, -0.15) is 0 Å². The topological polar surface area (TPSA) is 51.2 Å². The van der Waals surface area contributed by atoms with Crippen LogP contribution in [0.15, 0.2) is 46.6 Å². The molecule has 0 aromatic rings. The summed E-state index contributed by atoms with van der Waals surface area (Å²) in [4.78, 5) is 11.4. The minimum Gasteiger partial charge on any atom is -0.295 e. The number of hydrogen-bond acceptors (Lipinski definition) is 3. The molecule has 1 aliphatic rings. The summed E-state index contributed by atoms with van der Waals surface area (Å²) >= 11 is 0. The molecule has 0 amide bonds. The van der Waals surface area contributed by atoms with E-state index in [2.05, 4.69) is 80.5 Å². The normalized spacial score (nSPS) is 13.5. The largest absolute Gasteiger partial charge is 0.295 e. The lowest BCUT2D eigenvalue weighted by molar-refractivity contribution is -0.117. The second kappa shape index (κ2) is 25.1. The fraction of sp³-hybridized carbons (Fsp3) is 0.757. The second-order valence-electron chi connectivity index (χ2n) is 13.4. The van der Waals surface area contributed by atoms with Crippen molar-refractivity contribution in [3.8, 4) is 0 Å². The first-order valence-electron chi connectivity index (χ1n) is 16.1. The zero-order valence-corrected chi connectivity index (χ0v) is 30.8. The van der Waals surface area contributed by atoms with Gasteiger partial charge in [0, 0.05) is 11.7 Å². The number of carbonyl (C=O) groups is 1. The molecule has 1 rings (SSSR count). The van der Waals surface area contributed by atoms with E-state index in [1.54, 1.807) is 26.8 Å². The fourth-order valence-electron chi connectivity index (χ4n) is 3.29. The van der Waals surface area contributed by atoms with Gasteiger partial charge in [-0.1, -0.05) is 89.0 Å². The van der Waals surface area contributed by atoms with Gasteiger partial charge in [0.1, 0.15) is 0 Å². The third-order valence-electron chi connectivity index (χ3n) is 6.76. The predicted octanol–water partition coefficient (Wildman–Crippen LogP) is 11.5. The highest BCUT2D eigenvalue weighted by Gasteiger charge is 2.24. The van der Waals surface area contributed by atoms with Crippen LogP contribution in [0.25, 0.3) is 0 Å². The average Bonchev–Trinajstić information content (AvgIpc) is 3.69. The fourth-order valence-corrected chi connectivity index (χ4v) is 3.96. The highest BCUT2D eigenvalue weighted by Crippen LogP contribution is 2.35. The lowest BCUT2D eigenvalue weighted by Crippen LogP contribution is -2.15. The van der Waals surface area contributed by atoms with E-state index in [-0.39, 0.29) is 22.7 Å². The Morgan fingerprint density at radius 1 is 0.732 bits per heavy atom. The lowest BCUT2D eigenvalue weighted by Gasteiger charge is -2.01. The summed E-state index contributed by atoms with van der Waals surface area (Å²) in [6, 6.07) is 0. The van der Waals surface area contributed by atoms with Crippen molar-refractivity contribution < 1.29 is 13.2 Å². The van der Waals surface area contributed by atoms with Gasteiger partial charge in [0.2, 0.25) is 0 Å². The van der Waals surface area contributed by atoms with Crippen molar-refractivity contribution >= 4 is 15.6 Å². The van der Waals surface area contributed by atoms with Crippen molar-refractivity contribution in [3.63, 3.8) is 0 Å². The standard InChI is InChI=1S/C13H22O.C13H24.C6H12.C5H12O2S/c1-10(2)7-6-8-12(5)9-13(14)11(3)4;1-11(2)7-6-8-13(5)10-9-12(3)4;1-5(2)6-3-4-6;1-4-8(6,7)5(2)3/h7,9,11H,6,8H2,1-5H3;7,10,12H,6,8-9H2,1-5H3;5-6H,3-4H2,1-2H3;5H,4H2,1-3H3/b12-9+;13-10+;;. The van der Waals surface area contributed by atoms with Crippen molar-refractivity contribution in [3.05, 3.63) is 46.6 Å². The molecule has 0 unspecified atom stereocenters. The van der Waals surface area contributed by atoms with Crippen LogP contribution in [0.4, 0.5) is 0 Å². The Bertz CT molecular complexity index is 898. The summed E-state index contributed by atoms with van der Waals surface area (Å²) < 4.78 is 21.4. The maximum absolute atomic E-state index is 11.4. The van der Waals surface area contributed by atoms with Crippen LogP contribution in [0.5, 0.6) is 0 Å². The first-order valence-corrected chi connectivity index (χ1v) is 17.8. The van der Waals surface area contributed by atoms with Crippen LogP contribution in [0.1, 0.15) is 149 Å². The molecule has 3 nitrogen and oxygen atoms in total. The molecule has 1 fully saturated rings. The molecular weight excluding hydrogens is 524 g/mol. The van der Waals surface area contributed by atoms with Gasteiger partial charge in [-0.3, -0.25) is 4.79 Å². The minimum absolute atomic E-state index is 0.119. The molecule has 1 saturated carbocycles. The summed E-state index contributed by atoms with van der Waals surface area (Å²) in [5, 5.41) is -0.215. The molecule has 242 valence electrons. The van der Waals surface area contributed by atoms with Gasteiger partial charge in [0.05, 0.1) is 5.25 Å². The average molecular weight is 595 g/mol. The van der Waals surface area contributed by atoms with E-state index in [4.69, 9.17) is 0 Å². The van der Waals surface area contributed by atoms with E-state index < -0.39 is 9.84 Å². The molecule has 0 saturated heterocycles. The van der Waals surface area contributed by atoms with Crippen LogP contribution in [-0.2, 0) is 14.6 Å². The van der Waals surface area contributed by atoms with E-state index in [1.165, 1.54) is 54.4 Å². The van der Waals surface area contributed by atoms with E-state index >= 15 is 0 Å². The number of sulfone groups is 1. The maximum atomic E-state index is 11.4. The third kappa shape index (κ3) is 33.0. The molecule has 0 atom stereocenters. The molecule has 0 aromatic heterocycles. The molecule has 0 heterocycles. The van der Waals surface area contributed by atoms with Gasteiger partial charge in [-0.25, -0.2) is 8.42 Å². The predicted molar refractivity (Wildman–Crippen MR) is 186 cm³/mol. The zero-order chi connectivity index (χ0) is 32.8. The van der Waals surface area contributed by atoms with Crippen LogP contribution < -0.4 is 0 Å². The Kier molecular flexibility index (Phi) is 27.0. The van der Waals surface area contributed by atoms with Gasteiger partial charge in [0.25, 0.3) is 0 Å². The van der Waals surface area contributed by atoms with E-state index in [0.29, 0.717) is 0 Å². The first-order chi connectivity index (χ1) is 18.8. The van der Waals surface area contributed by atoms with Crippen LogP contribution in [0.2, 0.25) is 0 Å². The number of carbonyl (C=O) groups excluding carboxylic acids is 1. The van der Waals surface area contributed by atoms with E-state index in [1.807, 2.05) is 20.8 Å². The van der Waals surface area contributed by atoms with Gasteiger partial charge in [0.15, 0.2) is 15.6 Å². The summed E-state index contributed by atoms with van der Waals surface area (Å²) in [6.45, 7) is 30.8. The van der Waals surface area contributed by atoms with Gasteiger partial charge in [-0.05, 0) is 124 Å². The summed E-state index contributed by atoms with van der Waals surface area (Å²) in [6.07, 6.45) is 17.3. The smallest absolute Gasteiger partial charge is 0.158 e. The molecule has 0 bridgehead atoms. The molecule has 4 heteroatoms. The first kappa shape index (κ1) is 44.0. The van der Waals surface area contributed by atoms with Gasteiger partial charge >= 0.3 is 0 Å². The van der Waals surface area contributed by atoms with Crippen LogP contribution >= 0.6 is 0 Å². The zero-order valence-electron chi connectivity index (χ0n) is 30.0. The Balaban J connectivity index is -0.000000492. The number of ketones is 1. The monoisotopic (exact) mass is 595 g/mol. The van der Waals surface area contributed by atoms with Crippen LogP contribution in [-0.4, -0.2) is 25.2 Å². The Morgan fingerprint density at radius 3 is 1.41 bits per heavy atom. The van der Waals surface area contributed by atoms with E-state index in [0.717, 1.165) is 30.6 Å². The summed E-state index contributed by atoms with van der Waals surface area (Å²) in [7, 11) is -2.74. The second-order valence-corrected chi connectivity index (χ2v) is 16.3. The molecule has 1 aliphatic carbocycles. The minimum atomic E-state index is -2.74. The van der Waals surface area contributed by atoms with Crippen LogP contribution in [0, 0.1) is 23.7 Å². The van der Waals surface area contributed by atoms with Crippen molar-refractivity contribution in [1.82, 2.24) is 0 Å². The van der Waals surface area contributed by atoms with Crippen molar-refractivity contribution in [2.24, 2.45) is 23.7 Å². The highest BCUT2D eigenvalue weighted by molar-refractivity contribution is 7.91. The summed E-state index contributed by atoms with van der Waals surface area (Å²) in [5.74, 6) is 3.46. The Labute approximate surface area is 258 Å². The maximum Gasteiger partial charge on any atom is 0.158 e. The number of hydrogen-bond donors (Lipinski definition) is 0. The molecular formula is C37H70O3S. The van der Waals surface area contributed by atoms with Gasteiger partial charge < -0.3 is 0 Å². The third-order valence-corrected chi connectivity index (χ3v) is 9.00. The molecule has 0 radical (unpaired) electrons. The van der Waals surface area contributed by atoms with Crippen molar-refractivity contribution in [1.29, 1.82) is 0 Å². The SMILES string of the molecule is CC(C)=CCC/C(C)=C/C(=O)C(C)C.CC(C)=CCC/C(C)=C/CC(C)C.CC(C)C1CC1.CCS(=O)(=O)C(C)C. The lowest BCUT2D eigenvalue weighted by atomic mass is 10.0. The molecule has 0 spiro atoms. The van der Waals surface area contributed by atoms with Gasteiger partial charge in [-0.15, -0.1) is 0 Å². The molecule has 41 heavy (non-hydrogen) atoms. The Morgan fingerprint density at radius 2 is 1.17 bits per heavy atom. The number of allylic oxidation sites excluding steroid dienone is 8. The molecule has 0 aliphatic heterocycles. The van der Waals surface area contributed by atoms with Crippen LogP contribution in [0.3, 0.4) is 0 Å². The van der Waals surface area contributed by atoms with Crippen molar-refractivity contribution in [2.45, 2.75) is 154 Å². The quantitative estimate of drug-likeness (QED) is 0.157. The number of rotatable bonds is 13. The summed E-state index contributed by atoms with van der Waals surface area (Å²) in [5.41, 5.74) is 5.48. The molecule has 0 aromatic carbocycles. The van der Waals surface area contributed by atoms with E-state index in [9.17, 15) is 13.2 Å². The molecule has 0 N–H and O–H groups in total. The van der Waals surface area contributed by atoms with Crippen molar-refractivity contribution in [2.75, 3.05) is 5.75 Å². The highest BCUT2D eigenvalue weighted by atomic mass is 32.2.